The van der Waals surface area contributed by atoms with Gasteiger partial charge in [0.2, 0.25) is 0 Å². The number of allylic oxidation sites excluding steroid dienone is 1. The van der Waals surface area contributed by atoms with Crippen LogP contribution >= 0.6 is 11.8 Å². The second kappa shape index (κ2) is 23.4. The van der Waals surface area contributed by atoms with Crippen LogP contribution in [-0.2, 0) is 6.42 Å². The van der Waals surface area contributed by atoms with Crippen LogP contribution in [0.1, 0.15) is 33.4 Å². The molecule has 280 valence electrons. The lowest BCUT2D eigenvalue weighted by atomic mass is 10.00. The lowest BCUT2D eigenvalue weighted by molar-refractivity contribution is 1.26. The Morgan fingerprint density at radius 2 is 1.05 bits per heavy atom. The van der Waals surface area contributed by atoms with E-state index in [9.17, 15) is 0 Å². The van der Waals surface area contributed by atoms with Gasteiger partial charge in [-0.05, 0) is 90.5 Å². The highest BCUT2D eigenvalue weighted by Gasteiger charge is 2.06. The van der Waals surface area contributed by atoms with Crippen LogP contribution in [0.2, 0.25) is 0 Å². The number of nitrogens with zero attached hydrogens (tertiary/aromatic N) is 2. The number of thioether (sulfide) groups is 1. The fourth-order valence-corrected chi connectivity index (χ4v) is 6.50. The molecule has 1 N–H and O–H groups in total. The van der Waals surface area contributed by atoms with Gasteiger partial charge in [-0.3, -0.25) is 10.4 Å². The van der Waals surface area contributed by atoms with E-state index in [4.69, 9.17) is 5.41 Å². The van der Waals surface area contributed by atoms with Crippen LogP contribution in [0.4, 0.5) is 0 Å². The van der Waals surface area contributed by atoms with E-state index in [0.29, 0.717) is 5.71 Å². The van der Waals surface area contributed by atoms with Crippen molar-refractivity contribution in [2.75, 3.05) is 13.3 Å². The Morgan fingerprint density at radius 3 is 1.57 bits per heavy atom. The minimum Gasteiger partial charge on any atom is -0.304 e. The second-order valence-corrected chi connectivity index (χ2v) is 13.7. The van der Waals surface area contributed by atoms with Crippen LogP contribution in [-0.4, -0.2) is 32.5 Å². The van der Waals surface area contributed by atoms with Gasteiger partial charge >= 0.3 is 0 Å². The van der Waals surface area contributed by atoms with E-state index in [1.165, 1.54) is 43.8 Å². The quantitative estimate of drug-likeness (QED) is 0.116. The SMILES string of the molecule is C=N/C(=C\Cc1cccc(-c2ccccc2)c1)c1ccc(-c2ccccc2SC)cc1.C=NC.Cc1cccc(C)c1.N=C(c1ccccc1)c1ccccc1. The average molecular weight is 750 g/mol. The minimum atomic E-state index is 0.575. The van der Waals surface area contributed by atoms with Crippen molar-refractivity contribution in [2.24, 2.45) is 9.98 Å². The molecular formula is C52H51N3S. The first-order valence-electron chi connectivity index (χ1n) is 18.5. The van der Waals surface area contributed by atoms with Gasteiger partial charge in [-0.1, -0.05) is 199 Å². The third kappa shape index (κ3) is 13.5. The van der Waals surface area contributed by atoms with Crippen molar-refractivity contribution < 1.29 is 0 Å². The van der Waals surface area contributed by atoms with E-state index in [0.717, 1.165) is 28.8 Å². The Labute approximate surface area is 338 Å². The van der Waals surface area contributed by atoms with Gasteiger partial charge in [0.25, 0.3) is 0 Å². The number of benzene rings is 7. The molecule has 3 nitrogen and oxygen atoms in total. The topological polar surface area (TPSA) is 48.6 Å². The largest absolute Gasteiger partial charge is 0.304 e. The maximum absolute atomic E-state index is 7.97. The third-order valence-electron chi connectivity index (χ3n) is 8.63. The summed E-state index contributed by atoms with van der Waals surface area (Å²) in [6, 6.07) is 64.2. The molecule has 4 heteroatoms. The molecule has 0 saturated heterocycles. The molecule has 0 bridgehead atoms. The first-order valence-corrected chi connectivity index (χ1v) is 19.7. The molecule has 0 spiro atoms. The summed E-state index contributed by atoms with van der Waals surface area (Å²) in [5, 5.41) is 7.97. The van der Waals surface area contributed by atoms with Crippen molar-refractivity contribution in [3.05, 3.63) is 228 Å². The van der Waals surface area contributed by atoms with Crippen molar-refractivity contribution >= 4 is 36.6 Å². The lowest BCUT2D eigenvalue weighted by Gasteiger charge is -2.09. The summed E-state index contributed by atoms with van der Waals surface area (Å²) in [5.74, 6) is 0. The summed E-state index contributed by atoms with van der Waals surface area (Å²) < 4.78 is 0. The van der Waals surface area contributed by atoms with Crippen molar-refractivity contribution in [2.45, 2.75) is 25.2 Å². The standard InChI is InChI=1S/C29H25NS.C13H11N.C8H10.C2H5N/c1-30-28(20-15-22-9-8-12-26(21-22)23-10-4-3-5-11-23)25-18-16-24(17-19-25)27-13-6-7-14-29(27)31-2;14-13(11-7-3-1-4-8-11)12-9-5-2-6-10-12;1-7-4-3-5-8(2)6-7;1-3-2/h3-14,16-21H,1,15H2,2H3;1-10,14H;3-6H,1-2H3;1H2,2H3/b28-20-;;;. The highest BCUT2D eigenvalue weighted by molar-refractivity contribution is 7.98. The number of hydrogen-bond donors (Lipinski definition) is 1. The molecule has 0 saturated carbocycles. The highest BCUT2D eigenvalue weighted by atomic mass is 32.2. The number of hydrogen-bond acceptors (Lipinski definition) is 4. The summed E-state index contributed by atoms with van der Waals surface area (Å²) >= 11 is 1.77. The zero-order valence-electron chi connectivity index (χ0n) is 32.9. The number of aliphatic imine (C=N–C) groups is 2. The molecule has 7 rings (SSSR count). The molecule has 7 aromatic carbocycles. The summed E-state index contributed by atoms with van der Waals surface area (Å²) in [5.41, 5.74) is 13.4. The first kappa shape index (κ1) is 42.4. The zero-order valence-corrected chi connectivity index (χ0v) is 33.7. The van der Waals surface area contributed by atoms with E-state index in [2.05, 4.69) is 171 Å². The normalized spacial score (nSPS) is 10.2. The molecule has 0 aliphatic carbocycles. The van der Waals surface area contributed by atoms with Gasteiger partial charge in [-0.2, -0.15) is 0 Å². The predicted molar refractivity (Wildman–Crippen MR) is 247 cm³/mol. The van der Waals surface area contributed by atoms with E-state index < -0.39 is 0 Å². The Morgan fingerprint density at radius 1 is 0.554 bits per heavy atom. The molecule has 0 radical (unpaired) electrons. The molecule has 0 aromatic heterocycles. The maximum Gasteiger partial charge on any atom is 0.0684 e. The lowest BCUT2D eigenvalue weighted by Crippen LogP contribution is -1.99. The van der Waals surface area contributed by atoms with Crippen LogP contribution in [0.3, 0.4) is 0 Å². The van der Waals surface area contributed by atoms with E-state index in [-0.39, 0.29) is 0 Å². The molecule has 56 heavy (non-hydrogen) atoms. The average Bonchev–Trinajstić information content (AvgIpc) is 3.25. The zero-order chi connectivity index (χ0) is 40.0. The van der Waals surface area contributed by atoms with Crippen molar-refractivity contribution in [1.29, 1.82) is 5.41 Å². The molecule has 0 amide bonds. The summed E-state index contributed by atoms with van der Waals surface area (Å²) in [7, 11) is 1.64. The van der Waals surface area contributed by atoms with Crippen LogP contribution in [0.25, 0.3) is 28.0 Å². The van der Waals surface area contributed by atoms with Gasteiger partial charge in [0, 0.05) is 11.9 Å². The van der Waals surface area contributed by atoms with Gasteiger partial charge < -0.3 is 4.99 Å². The molecule has 0 heterocycles. The summed E-state index contributed by atoms with van der Waals surface area (Å²) in [6.45, 7) is 11.1. The molecule has 7 aromatic rings. The fourth-order valence-electron chi connectivity index (χ4n) is 5.88. The van der Waals surface area contributed by atoms with Crippen molar-refractivity contribution in [1.82, 2.24) is 0 Å². The van der Waals surface area contributed by atoms with Gasteiger partial charge in [0.05, 0.1) is 11.4 Å². The van der Waals surface area contributed by atoms with Crippen molar-refractivity contribution in [3.8, 4) is 22.3 Å². The Kier molecular flexibility index (Phi) is 17.7. The van der Waals surface area contributed by atoms with Gasteiger partial charge in [-0.25, -0.2) is 0 Å². The summed E-state index contributed by atoms with van der Waals surface area (Å²) in [6.07, 6.45) is 5.08. The van der Waals surface area contributed by atoms with Crippen LogP contribution in [0.15, 0.2) is 209 Å². The molecular weight excluding hydrogens is 699 g/mol. The monoisotopic (exact) mass is 749 g/mol. The van der Waals surface area contributed by atoms with E-state index in [1.807, 2.05) is 66.7 Å². The fraction of sp³-hybridized carbons (Fsp3) is 0.0962. The van der Waals surface area contributed by atoms with Crippen LogP contribution in [0.5, 0.6) is 0 Å². The first-order chi connectivity index (χ1) is 27.4. The number of aryl methyl sites for hydroxylation is 2. The third-order valence-corrected chi connectivity index (χ3v) is 9.43. The molecule has 0 fully saturated rings. The minimum absolute atomic E-state index is 0.575. The molecule has 0 atom stereocenters. The highest BCUT2D eigenvalue weighted by Crippen LogP contribution is 2.31. The van der Waals surface area contributed by atoms with Crippen molar-refractivity contribution in [3.63, 3.8) is 0 Å². The Bertz CT molecular complexity index is 2220. The van der Waals surface area contributed by atoms with Gasteiger partial charge in [-0.15, -0.1) is 11.8 Å². The predicted octanol–water partition coefficient (Wildman–Crippen LogP) is 13.7. The van der Waals surface area contributed by atoms with Crippen LogP contribution in [0, 0.1) is 19.3 Å². The van der Waals surface area contributed by atoms with Crippen LogP contribution < -0.4 is 0 Å². The summed E-state index contributed by atoms with van der Waals surface area (Å²) in [4.78, 5) is 8.83. The maximum atomic E-state index is 7.97. The van der Waals surface area contributed by atoms with E-state index in [1.54, 1.807) is 18.8 Å². The Hall–Kier alpha value is -6.36. The van der Waals surface area contributed by atoms with Gasteiger partial charge in [0.15, 0.2) is 0 Å². The number of nitrogens with one attached hydrogen (secondary N) is 1. The molecule has 0 aliphatic rings. The second-order valence-electron chi connectivity index (χ2n) is 12.9. The van der Waals surface area contributed by atoms with E-state index >= 15 is 0 Å². The number of rotatable bonds is 9. The molecule has 0 aliphatic heterocycles. The van der Waals surface area contributed by atoms with Gasteiger partial charge in [0.1, 0.15) is 0 Å². The molecule has 0 unspecified atom stereocenters. The Balaban J connectivity index is 0.000000227. The smallest absolute Gasteiger partial charge is 0.0684 e.